The van der Waals surface area contributed by atoms with Crippen molar-refractivity contribution >= 4 is 6.03 Å². The number of nitrogens with zero attached hydrogens (tertiary/aromatic N) is 4. The summed E-state index contributed by atoms with van der Waals surface area (Å²) in [6.45, 7) is 3.80. The smallest absolute Gasteiger partial charge is 0.315 e. The second-order valence-electron chi connectivity index (χ2n) is 5.96. The molecule has 3 rings (SSSR count). The van der Waals surface area contributed by atoms with E-state index in [4.69, 9.17) is 0 Å². The van der Waals surface area contributed by atoms with Crippen LogP contribution >= 0.6 is 0 Å². The van der Waals surface area contributed by atoms with Crippen molar-refractivity contribution in [2.24, 2.45) is 0 Å². The third-order valence-corrected chi connectivity index (χ3v) is 3.87. The van der Waals surface area contributed by atoms with Crippen LogP contribution in [-0.4, -0.2) is 31.4 Å². The van der Waals surface area contributed by atoms with Crippen molar-refractivity contribution in [3.05, 3.63) is 72.6 Å². The van der Waals surface area contributed by atoms with Crippen molar-refractivity contribution in [1.29, 1.82) is 0 Å². The maximum atomic E-state index is 12.1. The van der Waals surface area contributed by atoms with Crippen LogP contribution in [0.3, 0.4) is 0 Å². The van der Waals surface area contributed by atoms with Crippen molar-refractivity contribution in [3.63, 3.8) is 0 Å². The Hall–Kier alpha value is -3.09. The van der Waals surface area contributed by atoms with Gasteiger partial charge < -0.3 is 15.2 Å². The molecule has 25 heavy (non-hydrogen) atoms. The van der Waals surface area contributed by atoms with Crippen LogP contribution in [0.25, 0.3) is 0 Å². The molecule has 1 aromatic carbocycles. The molecular formula is C18H22N6O. The molecule has 0 aliphatic rings. The minimum Gasteiger partial charge on any atom is -0.335 e. The number of hydrogen-bond acceptors (Lipinski definition) is 3. The van der Waals surface area contributed by atoms with Gasteiger partial charge in [0.05, 0.1) is 12.9 Å². The Morgan fingerprint density at radius 3 is 2.72 bits per heavy atom. The van der Waals surface area contributed by atoms with Gasteiger partial charge in [-0.1, -0.05) is 24.3 Å². The molecule has 0 aliphatic carbocycles. The fourth-order valence-corrected chi connectivity index (χ4v) is 2.66. The van der Waals surface area contributed by atoms with E-state index in [1.165, 1.54) is 0 Å². The molecule has 7 nitrogen and oxygen atoms in total. The maximum Gasteiger partial charge on any atom is 0.315 e. The van der Waals surface area contributed by atoms with Gasteiger partial charge >= 0.3 is 6.03 Å². The molecule has 0 spiro atoms. The van der Waals surface area contributed by atoms with E-state index in [0.717, 1.165) is 11.1 Å². The zero-order valence-electron chi connectivity index (χ0n) is 14.2. The molecule has 0 radical (unpaired) electrons. The van der Waals surface area contributed by atoms with Crippen LogP contribution in [0.2, 0.25) is 0 Å². The Labute approximate surface area is 146 Å². The Bertz CT molecular complexity index is 782. The Morgan fingerprint density at radius 2 is 2.00 bits per heavy atom. The van der Waals surface area contributed by atoms with Gasteiger partial charge in [0.1, 0.15) is 0 Å². The number of hydrogen-bond donors (Lipinski definition) is 2. The Morgan fingerprint density at radius 1 is 1.16 bits per heavy atom. The molecule has 0 aliphatic heterocycles. The quantitative estimate of drug-likeness (QED) is 0.692. The fourth-order valence-electron chi connectivity index (χ4n) is 2.66. The van der Waals surface area contributed by atoms with E-state index in [2.05, 4.69) is 26.8 Å². The maximum absolute atomic E-state index is 12.1. The minimum absolute atomic E-state index is 0.00789. The third-order valence-electron chi connectivity index (χ3n) is 3.87. The van der Waals surface area contributed by atoms with Crippen LogP contribution in [0.4, 0.5) is 4.79 Å². The summed E-state index contributed by atoms with van der Waals surface area (Å²) in [7, 11) is 0. The van der Waals surface area contributed by atoms with Gasteiger partial charge in [-0.25, -0.2) is 9.78 Å². The molecule has 2 amide bonds. The lowest BCUT2D eigenvalue weighted by Gasteiger charge is -2.16. The lowest BCUT2D eigenvalue weighted by Crippen LogP contribution is -2.42. The van der Waals surface area contributed by atoms with E-state index in [0.29, 0.717) is 19.6 Å². The normalized spacial score (nSPS) is 11.9. The van der Waals surface area contributed by atoms with E-state index >= 15 is 0 Å². The third kappa shape index (κ3) is 4.94. The number of aromatic nitrogens is 4. The molecule has 0 saturated carbocycles. The number of carbonyl (C=O) groups is 1. The highest BCUT2D eigenvalue weighted by Gasteiger charge is 2.09. The average Bonchev–Trinajstić information content (AvgIpc) is 3.28. The summed E-state index contributed by atoms with van der Waals surface area (Å²) in [4.78, 5) is 16.1. The molecule has 3 aromatic rings. The average molecular weight is 338 g/mol. The number of urea groups is 1. The van der Waals surface area contributed by atoms with Gasteiger partial charge in [-0.3, -0.25) is 4.68 Å². The minimum atomic E-state index is -0.179. The van der Waals surface area contributed by atoms with E-state index in [-0.39, 0.29) is 12.1 Å². The van der Waals surface area contributed by atoms with Gasteiger partial charge in [-0.2, -0.15) is 5.10 Å². The van der Waals surface area contributed by atoms with E-state index in [9.17, 15) is 4.79 Å². The molecule has 2 heterocycles. The van der Waals surface area contributed by atoms with Gasteiger partial charge in [0.15, 0.2) is 0 Å². The van der Waals surface area contributed by atoms with E-state index in [1.807, 2.05) is 52.8 Å². The standard InChI is InChI=1S/C18H22N6O/c1-15(12-23-10-8-19-14-23)22-18(25)20-11-16-5-2-3-6-17(16)13-24-9-4-7-21-24/h2-10,14-15H,11-13H2,1H3,(H2,20,22,25)/t15-/m1/s1. The van der Waals surface area contributed by atoms with Gasteiger partial charge in [-0.05, 0) is 24.1 Å². The topological polar surface area (TPSA) is 76.8 Å². The highest BCUT2D eigenvalue weighted by molar-refractivity contribution is 5.74. The fraction of sp³-hybridized carbons (Fsp3) is 0.278. The Kier molecular flexibility index (Phi) is 5.46. The zero-order valence-corrected chi connectivity index (χ0v) is 14.2. The van der Waals surface area contributed by atoms with Crippen molar-refractivity contribution in [2.45, 2.75) is 32.6 Å². The molecule has 130 valence electrons. The number of benzene rings is 1. The van der Waals surface area contributed by atoms with Gasteiger partial charge in [0, 0.05) is 43.9 Å². The highest BCUT2D eigenvalue weighted by Crippen LogP contribution is 2.10. The molecule has 2 aromatic heterocycles. The lowest BCUT2D eigenvalue weighted by atomic mass is 10.1. The van der Waals surface area contributed by atoms with E-state index in [1.54, 1.807) is 18.7 Å². The second kappa shape index (κ2) is 8.14. The summed E-state index contributed by atoms with van der Waals surface area (Å²) in [5, 5.41) is 10.1. The first-order valence-corrected chi connectivity index (χ1v) is 8.25. The largest absolute Gasteiger partial charge is 0.335 e. The number of amides is 2. The van der Waals surface area contributed by atoms with Gasteiger partial charge in [0.25, 0.3) is 0 Å². The highest BCUT2D eigenvalue weighted by atomic mass is 16.2. The number of imidazole rings is 1. The van der Waals surface area contributed by atoms with Crippen LogP contribution in [0, 0.1) is 0 Å². The van der Waals surface area contributed by atoms with Crippen molar-refractivity contribution in [3.8, 4) is 0 Å². The first kappa shape index (κ1) is 16.8. The second-order valence-corrected chi connectivity index (χ2v) is 5.96. The number of rotatable bonds is 7. The molecule has 0 saturated heterocycles. The summed E-state index contributed by atoms with van der Waals surface area (Å²) >= 11 is 0. The molecule has 0 bridgehead atoms. The molecule has 0 unspecified atom stereocenters. The summed E-state index contributed by atoms with van der Waals surface area (Å²) in [6, 6.07) is 9.77. The summed E-state index contributed by atoms with van der Waals surface area (Å²) in [5.41, 5.74) is 2.22. The summed E-state index contributed by atoms with van der Waals surface area (Å²) in [5.74, 6) is 0. The first-order chi connectivity index (χ1) is 12.2. The van der Waals surface area contributed by atoms with Crippen LogP contribution in [0.15, 0.2) is 61.4 Å². The molecule has 1 atom stereocenters. The van der Waals surface area contributed by atoms with Crippen LogP contribution in [-0.2, 0) is 19.6 Å². The monoisotopic (exact) mass is 338 g/mol. The van der Waals surface area contributed by atoms with Gasteiger partial charge in [0.2, 0.25) is 0 Å². The predicted molar refractivity (Wildman–Crippen MR) is 94.8 cm³/mol. The molecular weight excluding hydrogens is 316 g/mol. The molecule has 2 N–H and O–H groups in total. The predicted octanol–water partition coefficient (Wildman–Crippen LogP) is 2.02. The molecule has 0 fully saturated rings. The first-order valence-electron chi connectivity index (χ1n) is 8.25. The Balaban J connectivity index is 1.51. The lowest BCUT2D eigenvalue weighted by molar-refractivity contribution is 0.236. The van der Waals surface area contributed by atoms with Crippen molar-refractivity contribution in [2.75, 3.05) is 0 Å². The van der Waals surface area contributed by atoms with Crippen LogP contribution < -0.4 is 10.6 Å². The number of carbonyl (C=O) groups excluding carboxylic acids is 1. The van der Waals surface area contributed by atoms with Crippen molar-refractivity contribution in [1.82, 2.24) is 30.0 Å². The summed E-state index contributed by atoms with van der Waals surface area (Å²) in [6.07, 6.45) is 9.03. The van der Waals surface area contributed by atoms with Crippen LogP contribution in [0.1, 0.15) is 18.1 Å². The van der Waals surface area contributed by atoms with Crippen LogP contribution in [0.5, 0.6) is 0 Å². The number of nitrogens with one attached hydrogen (secondary N) is 2. The summed E-state index contributed by atoms with van der Waals surface area (Å²) < 4.78 is 3.80. The van der Waals surface area contributed by atoms with Crippen molar-refractivity contribution < 1.29 is 4.79 Å². The molecule has 7 heteroatoms. The van der Waals surface area contributed by atoms with E-state index < -0.39 is 0 Å². The zero-order chi connectivity index (χ0) is 17.5. The van der Waals surface area contributed by atoms with Gasteiger partial charge in [-0.15, -0.1) is 0 Å². The SMILES string of the molecule is C[C@H](Cn1ccnc1)NC(=O)NCc1ccccc1Cn1cccn1.